The van der Waals surface area contributed by atoms with Gasteiger partial charge in [-0.2, -0.15) is 10.1 Å². The second-order valence-corrected chi connectivity index (χ2v) is 5.78. The lowest BCUT2D eigenvalue weighted by molar-refractivity contribution is -0.379. The van der Waals surface area contributed by atoms with Gasteiger partial charge in [-0.1, -0.05) is 54.4 Å². The van der Waals surface area contributed by atoms with Gasteiger partial charge >= 0.3 is 5.91 Å². The number of halogens is 3. The van der Waals surface area contributed by atoms with Gasteiger partial charge in [0, 0.05) is 0 Å². The molecular formula is C15H14Cl3N4O+. The van der Waals surface area contributed by atoms with Crippen LogP contribution in [-0.2, 0) is 6.42 Å². The van der Waals surface area contributed by atoms with Crippen molar-refractivity contribution in [1.29, 1.82) is 0 Å². The first-order chi connectivity index (χ1) is 10.9. The Kier molecular flexibility index (Phi) is 5.82. The molecule has 2 aromatic rings. The molecule has 0 saturated heterocycles. The molecule has 4 N–H and O–H groups in total. The van der Waals surface area contributed by atoms with Gasteiger partial charge in [0.15, 0.2) is 0 Å². The molecular weight excluding hydrogens is 359 g/mol. The number of pyridine rings is 1. The summed E-state index contributed by atoms with van der Waals surface area (Å²) < 4.78 is 0. The Morgan fingerprint density at radius 2 is 1.91 bits per heavy atom. The maximum Gasteiger partial charge on any atom is 0.337 e. The van der Waals surface area contributed by atoms with Gasteiger partial charge in [-0.3, -0.25) is 4.79 Å². The van der Waals surface area contributed by atoms with Crippen molar-refractivity contribution < 1.29 is 9.78 Å². The van der Waals surface area contributed by atoms with E-state index < -0.39 is 5.91 Å². The lowest BCUT2D eigenvalue weighted by Crippen LogP contribution is -2.28. The van der Waals surface area contributed by atoms with E-state index in [-0.39, 0.29) is 26.6 Å². The molecule has 0 aliphatic heterocycles. The first kappa shape index (κ1) is 17.5. The number of amides is 1. The van der Waals surface area contributed by atoms with Crippen LogP contribution in [0.5, 0.6) is 0 Å². The lowest BCUT2D eigenvalue weighted by atomic mass is 10.1. The van der Waals surface area contributed by atoms with Crippen molar-refractivity contribution in [3.8, 4) is 0 Å². The molecule has 1 aromatic heterocycles. The van der Waals surface area contributed by atoms with Crippen molar-refractivity contribution in [2.75, 3.05) is 5.73 Å². The van der Waals surface area contributed by atoms with Gasteiger partial charge in [0.05, 0.1) is 11.9 Å². The summed E-state index contributed by atoms with van der Waals surface area (Å²) in [5.41, 5.74) is 10.1. The number of hydrogen-bond acceptors (Lipinski definition) is 3. The highest BCUT2D eigenvalue weighted by atomic mass is 35.5. The normalized spacial score (nSPS) is 11.0. The Morgan fingerprint density at radius 1 is 1.26 bits per heavy atom. The fourth-order valence-electron chi connectivity index (χ4n) is 1.79. The van der Waals surface area contributed by atoms with Crippen LogP contribution in [0.3, 0.4) is 0 Å². The summed E-state index contributed by atoms with van der Waals surface area (Å²) in [6, 6.07) is 7.80. The Labute approximate surface area is 148 Å². The predicted molar refractivity (Wildman–Crippen MR) is 93.3 cm³/mol. The van der Waals surface area contributed by atoms with Gasteiger partial charge in [0.25, 0.3) is 10.8 Å². The third-order valence-electron chi connectivity index (χ3n) is 3.11. The average molecular weight is 373 g/mol. The number of anilines is 1. The zero-order valence-corrected chi connectivity index (χ0v) is 14.4. The quantitative estimate of drug-likeness (QED) is 0.490. The molecule has 0 spiro atoms. The van der Waals surface area contributed by atoms with Gasteiger partial charge in [-0.25, -0.2) is 5.43 Å². The van der Waals surface area contributed by atoms with Crippen LogP contribution in [0.15, 0.2) is 29.4 Å². The number of rotatable bonds is 4. The molecule has 0 aliphatic rings. The van der Waals surface area contributed by atoms with Crippen molar-refractivity contribution in [2.24, 2.45) is 5.10 Å². The number of benzene rings is 1. The number of carbonyl (C=O) groups is 1. The molecule has 8 heteroatoms. The van der Waals surface area contributed by atoms with E-state index in [0.29, 0.717) is 0 Å². The molecule has 2 rings (SSSR count). The van der Waals surface area contributed by atoms with Crippen molar-refractivity contribution in [1.82, 2.24) is 5.43 Å². The number of hydrazone groups is 1. The smallest absolute Gasteiger partial charge is 0.337 e. The van der Waals surface area contributed by atoms with Gasteiger partial charge in [-0.05, 0) is 29.1 Å². The zero-order chi connectivity index (χ0) is 17.0. The van der Waals surface area contributed by atoms with Gasteiger partial charge in [-0.15, -0.1) is 0 Å². The molecule has 23 heavy (non-hydrogen) atoms. The molecule has 0 fully saturated rings. The number of carbonyl (C=O) groups excluding carboxylic acids is 1. The minimum Gasteiger partial charge on any atom is -0.396 e. The monoisotopic (exact) mass is 371 g/mol. The van der Waals surface area contributed by atoms with Gasteiger partial charge < -0.3 is 5.73 Å². The van der Waals surface area contributed by atoms with E-state index in [4.69, 9.17) is 40.5 Å². The number of nitrogens with one attached hydrogen (secondary N) is 2. The van der Waals surface area contributed by atoms with Crippen molar-refractivity contribution >= 4 is 52.6 Å². The second-order valence-electron chi connectivity index (χ2n) is 4.65. The van der Waals surface area contributed by atoms with Crippen LogP contribution in [-0.4, -0.2) is 12.1 Å². The molecule has 0 bridgehead atoms. The maximum atomic E-state index is 12.1. The maximum absolute atomic E-state index is 12.1. The Bertz CT molecular complexity index is 760. The van der Waals surface area contributed by atoms with Crippen LogP contribution >= 0.6 is 34.8 Å². The predicted octanol–water partition coefficient (Wildman–Crippen LogP) is 3.37. The molecule has 120 valence electrons. The van der Waals surface area contributed by atoms with E-state index in [1.54, 1.807) is 0 Å². The third kappa shape index (κ3) is 4.13. The summed E-state index contributed by atoms with van der Waals surface area (Å²) in [4.78, 5) is 14.7. The Hall–Kier alpha value is -1.82. The Balaban J connectivity index is 2.11. The zero-order valence-electron chi connectivity index (χ0n) is 12.2. The first-order valence-electron chi connectivity index (χ1n) is 6.71. The van der Waals surface area contributed by atoms with Crippen molar-refractivity contribution in [3.05, 3.63) is 56.3 Å². The molecule has 1 aromatic carbocycles. The summed E-state index contributed by atoms with van der Waals surface area (Å²) in [6.07, 6.45) is 2.48. The fourth-order valence-corrected chi connectivity index (χ4v) is 2.40. The van der Waals surface area contributed by atoms with Crippen LogP contribution in [0.1, 0.15) is 28.5 Å². The highest BCUT2D eigenvalue weighted by molar-refractivity contribution is 6.45. The van der Waals surface area contributed by atoms with Crippen molar-refractivity contribution in [2.45, 2.75) is 13.3 Å². The van der Waals surface area contributed by atoms with Crippen LogP contribution < -0.4 is 16.1 Å². The highest BCUT2D eigenvalue weighted by Gasteiger charge is 2.25. The van der Waals surface area contributed by atoms with E-state index in [9.17, 15) is 4.79 Å². The van der Waals surface area contributed by atoms with E-state index in [2.05, 4.69) is 22.4 Å². The van der Waals surface area contributed by atoms with Crippen LogP contribution in [0.25, 0.3) is 0 Å². The van der Waals surface area contributed by atoms with E-state index in [1.807, 2.05) is 24.3 Å². The summed E-state index contributed by atoms with van der Waals surface area (Å²) >= 11 is 17.7. The Morgan fingerprint density at radius 3 is 2.52 bits per heavy atom. The standard InChI is InChI=1S/C15H13Cl3N4O/c1-2-8-3-5-9(6-4-8)7-20-22-15(23)13-10(16)12(19)11(17)14(18)21-13/h3-7H,2H2,1H3,(H2,19,21)(H,22,23)/p+1/b20-7-. The highest BCUT2D eigenvalue weighted by Crippen LogP contribution is 2.31. The lowest BCUT2D eigenvalue weighted by Gasteiger charge is -2.02. The van der Waals surface area contributed by atoms with Crippen molar-refractivity contribution in [3.63, 3.8) is 0 Å². The number of aryl methyl sites for hydroxylation is 1. The number of aromatic amines is 1. The molecule has 5 nitrogen and oxygen atoms in total. The minimum atomic E-state index is -0.582. The summed E-state index contributed by atoms with van der Waals surface area (Å²) in [6.45, 7) is 2.08. The molecule has 1 heterocycles. The largest absolute Gasteiger partial charge is 0.396 e. The summed E-state index contributed by atoms with van der Waals surface area (Å²) in [7, 11) is 0. The minimum absolute atomic E-state index is 0.0144. The van der Waals surface area contributed by atoms with Gasteiger partial charge in [0.2, 0.25) is 0 Å². The molecule has 0 aliphatic carbocycles. The van der Waals surface area contributed by atoms with Crippen LogP contribution in [0.2, 0.25) is 15.2 Å². The number of nitrogen functional groups attached to an aromatic ring is 1. The van der Waals surface area contributed by atoms with E-state index in [1.165, 1.54) is 11.8 Å². The van der Waals surface area contributed by atoms with Crippen LogP contribution in [0.4, 0.5) is 5.69 Å². The number of nitrogens with two attached hydrogens (primary N) is 1. The summed E-state index contributed by atoms with van der Waals surface area (Å²) in [5, 5.41) is 3.95. The molecule has 0 unspecified atom stereocenters. The SMILES string of the molecule is CCc1ccc(/C=N\NC(=O)c2[nH+]c(Cl)c(Cl)c(N)c2Cl)cc1. The van der Waals surface area contributed by atoms with Gasteiger partial charge in [0.1, 0.15) is 10.0 Å². The van der Waals surface area contributed by atoms with Crippen LogP contribution in [0, 0.1) is 0 Å². The number of H-pyrrole nitrogens is 1. The average Bonchev–Trinajstić information content (AvgIpc) is 2.56. The topological polar surface area (TPSA) is 81.6 Å². The summed E-state index contributed by atoms with van der Waals surface area (Å²) in [5.74, 6) is -0.582. The number of hydrogen-bond donors (Lipinski definition) is 2. The number of nitrogens with zero attached hydrogens (tertiary/aromatic N) is 1. The first-order valence-corrected chi connectivity index (χ1v) is 7.85. The molecule has 0 atom stereocenters. The fraction of sp³-hybridized carbons (Fsp3) is 0.133. The van der Waals surface area contributed by atoms with E-state index >= 15 is 0 Å². The molecule has 0 saturated carbocycles. The molecule has 0 radical (unpaired) electrons. The number of aromatic nitrogens is 1. The second kappa shape index (κ2) is 7.64. The van der Waals surface area contributed by atoms with E-state index in [0.717, 1.165) is 12.0 Å². The third-order valence-corrected chi connectivity index (χ3v) is 4.28. The molecule has 1 amide bonds.